The second-order valence-electron chi connectivity index (χ2n) is 5.99. The molecule has 0 heterocycles. The molecule has 2 rings (SSSR count). The standard InChI is InChI=1S/C18H17F4NO3S/c1-12(17(24)23-10-13-5-7-16(19)8-6-13)27(25,26)11-14-3-2-4-15(9-14)18(20,21)22/h2-9,12H,10-11H2,1H3,(H,23,24)/t12-/m1/s1. The van der Waals surface area contributed by atoms with Crippen LogP contribution in [0.25, 0.3) is 0 Å². The van der Waals surface area contributed by atoms with Crippen molar-refractivity contribution in [3.63, 3.8) is 0 Å². The van der Waals surface area contributed by atoms with Gasteiger partial charge in [0.2, 0.25) is 5.91 Å². The summed E-state index contributed by atoms with van der Waals surface area (Å²) in [4.78, 5) is 12.1. The highest BCUT2D eigenvalue weighted by Crippen LogP contribution is 2.30. The van der Waals surface area contributed by atoms with Crippen molar-refractivity contribution in [1.29, 1.82) is 0 Å². The van der Waals surface area contributed by atoms with Gasteiger partial charge in [0.1, 0.15) is 11.1 Å². The molecule has 0 radical (unpaired) electrons. The van der Waals surface area contributed by atoms with Gasteiger partial charge >= 0.3 is 6.18 Å². The van der Waals surface area contributed by atoms with Crippen molar-refractivity contribution in [2.45, 2.75) is 30.6 Å². The van der Waals surface area contributed by atoms with Crippen molar-refractivity contribution >= 4 is 15.7 Å². The molecule has 4 nitrogen and oxygen atoms in total. The number of benzene rings is 2. The molecule has 0 fully saturated rings. The Morgan fingerprint density at radius 3 is 2.30 bits per heavy atom. The first-order valence-corrected chi connectivity index (χ1v) is 9.60. The molecule has 27 heavy (non-hydrogen) atoms. The molecule has 2 aromatic carbocycles. The summed E-state index contributed by atoms with van der Waals surface area (Å²) >= 11 is 0. The van der Waals surface area contributed by atoms with E-state index in [0.29, 0.717) is 5.56 Å². The van der Waals surface area contributed by atoms with E-state index in [1.807, 2.05) is 0 Å². The summed E-state index contributed by atoms with van der Waals surface area (Å²) in [5, 5.41) is 0.974. The van der Waals surface area contributed by atoms with Crippen LogP contribution in [0.1, 0.15) is 23.6 Å². The van der Waals surface area contributed by atoms with Gasteiger partial charge in [-0.05, 0) is 36.2 Å². The van der Waals surface area contributed by atoms with Crippen LogP contribution in [0.15, 0.2) is 48.5 Å². The van der Waals surface area contributed by atoms with E-state index in [1.54, 1.807) is 0 Å². The van der Waals surface area contributed by atoms with Crippen LogP contribution in [0.4, 0.5) is 17.6 Å². The summed E-state index contributed by atoms with van der Waals surface area (Å²) < 4.78 is 75.8. The first-order chi connectivity index (χ1) is 12.5. The molecule has 0 saturated heterocycles. The molecule has 2 aromatic rings. The number of carbonyl (C=O) groups is 1. The maximum atomic E-state index is 12.8. The lowest BCUT2D eigenvalue weighted by molar-refractivity contribution is -0.137. The highest BCUT2D eigenvalue weighted by atomic mass is 32.2. The van der Waals surface area contributed by atoms with Crippen LogP contribution in [0.3, 0.4) is 0 Å². The normalized spacial score (nSPS) is 13.2. The quantitative estimate of drug-likeness (QED) is 0.752. The monoisotopic (exact) mass is 403 g/mol. The molecule has 0 unspecified atom stereocenters. The largest absolute Gasteiger partial charge is 0.416 e. The third kappa shape index (κ3) is 5.78. The number of amides is 1. The molecule has 1 N–H and O–H groups in total. The third-order valence-corrected chi connectivity index (χ3v) is 5.94. The third-order valence-electron chi connectivity index (χ3n) is 3.91. The topological polar surface area (TPSA) is 63.2 Å². The van der Waals surface area contributed by atoms with Gasteiger partial charge in [-0.3, -0.25) is 4.79 Å². The summed E-state index contributed by atoms with van der Waals surface area (Å²) in [7, 11) is -4.03. The number of hydrogen-bond donors (Lipinski definition) is 1. The Bertz CT molecular complexity index is 909. The molecular formula is C18H17F4NO3S. The molecule has 1 amide bonds. The molecule has 0 aliphatic heterocycles. The molecule has 0 bridgehead atoms. The van der Waals surface area contributed by atoms with E-state index in [-0.39, 0.29) is 12.1 Å². The Hall–Kier alpha value is -2.42. The van der Waals surface area contributed by atoms with Gasteiger partial charge in [-0.15, -0.1) is 0 Å². The predicted molar refractivity (Wildman–Crippen MR) is 91.8 cm³/mol. The molecule has 0 aliphatic rings. The lowest BCUT2D eigenvalue weighted by Crippen LogP contribution is -2.38. The zero-order valence-corrected chi connectivity index (χ0v) is 15.1. The van der Waals surface area contributed by atoms with Gasteiger partial charge in [0.05, 0.1) is 11.3 Å². The van der Waals surface area contributed by atoms with Crippen LogP contribution in [-0.2, 0) is 33.1 Å². The maximum absolute atomic E-state index is 12.8. The van der Waals surface area contributed by atoms with E-state index in [0.717, 1.165) is 18.2 Å². The van der Waals surface area contributed by atoms with Gasteiger partial charge < -0.3 is 5.32 Å². The lowest BCUT2D eigenvalue weighted by Gasteiger charge is -2.14. The Balaban J connectivity index is 2.04. The van der Waals surface area contributed by atoms with E-state index in [4.69, 9.17) is 0 Å². The summed E-state index contributed by atoms with van der Waals surface area (Å²) in [6.45, 7) is 1.17. The van der Waals surface area contributed by atoms with Gasteiger partial charge in [0, 0.05) is 6.54 Å². The van der Waals surface area contributed by atoms with E-state index in [2.05, 4.69) is 5.32 Å². The van der Waals surface area contributed by atoms with Crippen LogP contribution in [0, 0.1) is 5.82 Å². The number of halogens is 4. The molecule has 9 heteroatoms. The smallest absolute Gasteiger partial charge is 0.351 e. The maximum Gasteiger partial charge on any atom is 0.416 e. The Morgan fingerprint density at radius 2 is 1.70 bits per heavy atom. The van der Waals surface area contributed by atoms with Gasteiger partial charge in [-0.1, -0.05) is 30.3 Å². The number of carbonyl (C=O) groups excluding carboxylic acids is 1. The lowest BCUT2D eigenvalue weighted by atomic mass is 10.1. The van der Waals surface area contributed by atoms with E-state index < -0.39 is 44.3 Å². The fraction of sp³-hybridized carbons (Fsp3) is 0.278. The van der Waals surface area contributed by atoms with Crippen LogP contribution >= 0.6 is 0 Å². The predicted octanol–water partition coefficient (Wildman–Crippen LogP) is 3.46. The Kier molecular flexibility index (Phi) is 6.25. The van der Waals surface area contributed by atoms with Crippen LogP contribution < -0.4 is 5.32 Å². The van der Waals surface area contributed by atoms with Crippen molar-refractivity contribution in [3.8, 4) is 0 Å². The average molecular weight is 403 g/mol. The van der Waals surface area contributed by atoms with Gasteiger partial charge in [0.15, 0.2) is 9.84 Å². The number of nitrogens with one attached hydrogen (secondary N) is 1. The summed E-state index contributed by atoms with van der Waals surface area (Å²) in [5.41, 5.74) is -0.432. The van der Waals surface area contributed by atoms with Crippen LogP contribution in [0.2, 0.25) is 0 Å². The number of hydrogen-bond acceptors (Lipinski definition) is 3. The molecule has 0 spiro atoms. The highest BCUT2D eigenvalue weighted by Gasteiger charge is 2.32. The Labute approximate surface area is 154 Å². The minimum atomic E-state index is -4.59. The number of rotatable bonds is 6. The van der Waals surface area contributed by atoms with E-state index >= 15 is 0 Å². The molecule has 0 aromatic heterocycles. The molecule has 0 saturated carbocycles. The van der Waals surface area contributed by atoms with E-state index in [1.165, 1.54) is 37.3 Å². The van der Waals surface area contributed by atoms with Crippen LogP contribution in [0.5, 0.6) is 0 Å². The van der Waals surface area contributed by atoms with Crippen molar-refractivity contribution in [1.82, 2.24) is 5.32 Å². The average Bonchev–Trinajstić information content (AvgIpc) is 2.59. The van der Waals surface area contributed by atoms with Crippen molar-refractivity contribution in [3.05, 3.63) is 71.0 Å². The second-order valence-corrected chi connectivity index (χ2v) is 8.31. The fourth-order valence-electron chi connectivity index (χ4n) is 2.29. The summed E-state index contributed by atoms with van der Waals surface area (Å²) in [6.07, 6.45) is -4.59. The SMILES string of the molecule is C[C@H](C(=O)NCc1ccc(F)cc1)S(=O)(=O)Cc1cccc(C(F)(F)F)c1. The first-order valence-electron chi connectivity index (χ1n) is 7.89. The molecule has 1 atom stereocenters. The van der Waals surface area contributed by atoms with Crippen molar-refractivity contribution < 1.29 is 30.8 Å². The minimum Gasteiger partial charge on any atom is -0.351 e. The number of alkyl halides is 3. The first kappa shape index (κ1) is 20.9. The molecule has 146 valence electrons. The molecule has 0 aliphatic carbocycles. The zero-order chi connectivity index (χ0) is 20.2. The summed E-state index contributed by atoms with van der Waals surface area (Å²) in [5.74, 6) is -1.92. The van der Waals surface area contributed by atoms with Crippen LogP contribution in [-0.4, -0.2) is 19.6 Å². The van der Waals surface area contributed by atoms with Crippen molar-refractivity contribution in [2.24, 2.45) is 0 Å². The van der Waals surface area contributed by atoms with Gasteiger partial charge in [-0.25, -0.2) is 12.8 Å². The highest BCUT2D eigenvalue weighted by molar-refractivity contribution is 7.92. The fourth-order valence-corrected chi connectivity index (χ4v) is 3.60. The van der Waals surface area contributed by atoms with Gasteiger partial charge in [-0.2, -0.15) is 13.2 Å². The van der Waals surface area contributed by atoms with E-state index in [9.17, 15) is 30.8 Å². The molecular weight excluding hydrogens is 386 g/mol. The zero-order valence-electron chi connectivity index (χ0n) is 14.3. The summed E-state index contributed by atoms with van der Waals surface area (Å²) in [6, 6.07) is 9.26. The second kappa shape index (κ2) is 8.08. The van der Waals surface area contributed by atoms with Gasteiger partial charge in [0.25, 0.3) is 0 Å². The number of sulfone groups is 1. The van der Waals surface area contributed by atoms with Crippen molar-refractivity contribution in [2.75, 3.05) is 0 Å². The Morgan fingerprint density at radius 1 is 1.07 bits per heavy atom. The minimum absolute atomic E-state index is 0.00251.